The van der Waals surface area contributed by atoms with Crippen LogP contribution in [0, 0.1) is 6.92 Å². The zero-order valence-electron chi connectivity index (χ0n) is 12.5. The Labute approximate surface area is 124 Å². The second kappa shape index (κ2) is 7.53. The van der Waals surface area contributed by atoms with E-state index in [-0.39, 0.29) is 5.56 Å². The first-order chi connectivity index (χ1) is 10.2. The van der Waals surface area contributed by atoms with Crippen molar-refractivity contribution in [2.45, 2.75) is 26.8 Å². The van der Waals surface area contributed by atoms with E-state index in [1.807, 2.05) is 44.2 Å². The van der Waals surface area contributed by atoms with Gasteiger partial charge in [0.1, 0.15) is 12.4 Å². The molecule has 112 valence electrons. The van der Waals surface area contributed by atoms with Crippen molar-refractivity contribution in [1.29, 1.82) is 0 Å². The third kappa shape index (κ3) is 4.38. The molecule has 1 aromatic carbocycles. The molecule has 0 spiro atoms. The molecule has 0 fully saturated rings. The summed E-state index contributed by atoms with van der Waals surface area (Å²) < 4.78 is 12.7. The average molecular weight is 287 g/mol. The highest BCUT2D eigenvalue weighted by molar-refractivity contribution is 5.26. The molecule has 0 aliphatic rings. The topological polar surface area (TPSA) is 40.5 Å². The molecule has 0 bridgehead atoms. The van der Waals surface area contributed by atoms with Gasteiger partial charge in [-0.15, -0.1) is 0 Å². The minimum atomic E-state index is -0.113. The van der Waals surface area contributed by atoms with Crippen LogP contribution in [0.4, 0.5) is 0 Å². The summed E-state index contributed by atoms with van der Waals surface area (Å²) in [6.07, 6.45) is 2.63. The number of aromatic nitrogens is 1. The van der Waals surface area contributed by atoms with E-state index in [2.05, 4.69) is 0 Å². The van der Waals surface area contributed by atoms with E-state index in [0.717, 1.165) is 12.2 Å². The Morgan fingerprint density at radius 1 is 1.05 bits per heavy atom. The standard InChI is InChI=1S/C17H21NO3/c1-3-12-21-16-5-4-10-18(17(16)19)11-13-20-15-8-6-14(2)7-9-15/h4-10H,3,11-13H2,1-2H3. The number of rotatable bonds is 7. The first-order valence-corrected chi connectivity index (χ1v) is 7.22. The number of benzene rings is 1. The molecule has 4 nitrogen and oxygen atoms in total. The Morgan fingerprint density at radius 2 is 1.81 bits per heavy atom. The molecule has 2 rings (SSSR count). The van der Waals surface area contributed by atoms with Gasteiger partial charge >= 0.3 is 0 Å². The van der Waals surface area contributed by atoms with Crippen molar-refractivity contribution < 1.29 is 9.47 Å². The maximum atomic E-state index is 12.1. The SMILES string of the molecule is CCCOc1cccn(CCOc2ccc(C)cc2)c1=O. The zero-order chi connectivity index (χ0) is 15.1. The van der Waals surface area contributed by atoms with Crippen LogP contribution < -0.4 is 15.0 Å². The Bertz CT molecular complexity index is 617. The highest BCUT2D eigenvalue weighted by Crippen LogP contribution is 2.11. The monoisotopic (exact) mass is 287 g/mol. The van der Waals surface area contributed by atoms with Crippen molar-refractivity contribution in [2.24, 2.45) is 0 Å². The highest BCUT2D eigenvalue weighted by atomic mass is 16.5. The quantitative estimate of drug-likeness (QED) is 0.786. The van der Waals surface area contributed by atoms with Gasteiger partial charge in [-0.3, -0.25) is 4.79 Å². The number of ether oxygens (including phenoxy) is 2. The van der Waals surface area contributed by atoms with Crippen molar-refractivity contribution in [1.82, 2.24) is 4.57 Å². The van der Waals surface area contributed by atoms with Crippen molar-refractivity contribution in [2.75, 3.05) is 13.2 Å². The van der Waals surface area contributed by atoms with Crippen molar-refractivity contribution in [3.63, 3.8) is 0 Å². The predicted octanol–water partition coefficient (Wildman–Crippen LogP) is 3.02. The summed E-state index contributed by atoms with van der Waals surface area (Å²) in [6.45, 7) is 5.54. The van der Waals surface area contributed by atoms with Crippen LogP contribution in [0.15, 0.2) is 47.4 Å². The largest absolute Gasteiger partial charge is 0.492 e. The number of hydrogen-bond acceptors (Lipinski definition) is 3. The van der Waals surface area contributed by atoms with Crippen LogP contribution in [0.25, 0.3) is 0 Å². The third-order valence-electron chi connectivity index (χ3n) is 3.07. The first-order valence-electron chi connectivity index (χ1n) is 7.22. The number of aryl methyl sites for hydroxylation is 1. The molecule has 1 aromatic heterocycles. The van der Waals surface area contributed by atoms with Gasteiger partial charge in [0.05, 0.1) is 13.2 Å². The molecule has 0 radical (unpaired) electrons. The van der Waals surface area contributed by atoms with Gasteiger partial charge in [-0.2, -0.15) is 0 Å². The van der Waals surface area contributed by atoms with Crippen LogP contribution in [0.3, 0.4) is 0 Å². The highest BCUT2D eigenvalue weighted by Gasteiger charge is 2.04. The predicted molar refractivity (Wildman–Crippen MR) is 83.2 cm³/mol. The van der Waals surface area contributed by atoms with E-state index in [1.54, 1.807) is 16.8 Å². The number of pyridine rings is 1. The zero-order valence-corrected chi connectivity index (χ0v) is 12.5. The molecule has 0 aliphatic carbocycles. The molecule has 0 unspecified atom stereocenters. The summed E-state index contributed by atoms with van der Waals surface area (Å²) in [5.74, 6) is 1.21. The molecule has 0 saturated heterocycles. The van der Waals surface area contributed by atoms with Crippen LogP contribution in [0.5, 0.6) is 11.5 Å². The molecule has 0 aliphatic heterocycles. The molecule has 0 N–H and O–H groups in total. The first kappa shape index (κ1) is 15.2. The summed E-state index contributed by atoms with van der Waals surface area (Å²) in [4.78, 5) is 12.1. The minimum absolute atomic E-state index is 0.113. The number of nitrogens with zero attached hydrogens (tertiary/aromatic N) is 1. The fourth-order valence-corrected chi connectivity index (χ4v) is 1.91. The van der Waals surface area contributed by atoms with Crippen molar-refractivity contribution in [3.8, 4) is 11.5 Å². The molecule has 0 atom stereocenters. The van der Waals surface area contributed by atoms with Gasteiger partial charge in [0.2, 0.25) is 0 Å². The Morgan fingerprint density at radius 3 is 2.52 bits per heavy atom. The smallest absolute Gasteiger partial charge is 0.292 e. The maximum absolute atomic E-state index is 12.1. The summed E-state index contributed by atoms with van der Waals surface area (Å²) in [7, 11) is 0. The van der Waals surface area contributed by atoms with Gasteiger partial charge in [0, 0.05) is 6.20 Å². The van der Waals surface area contributed by atoms with Crippen molar-refractivity contribution >= 4 is 0 Å². The molecule has 0 amide bonds. The van der Waals surface area contributed by atoms with Crippen LogP contribution in [0.2, 0.25) is 0 Å². The van der Waals surface area contributed by atoms with E-state index in [9.17, 15) is 4.79 Å². The maximum Gasteiger partial charge on any atom is 0.292 e. The van der Waals surface area contributed by atoms with Gasteiger partial charge < -0.3 is 14.0 Å². The van der Waals surface area contributed by atoms with Gasteiger partial charge in [0.25, 0.3) is 5.56 Å². The molecule has 0 saturated carbocycles. The Balaban J connectivity index is 1.94. The van der Waals surface area contributed by atoms with Crippen LogP contribution in [-0.4, -0.2) is 17.8 Å². The van der Waals surface area contributed by atoms with Crippen LogP contribution >= 0.6 is 0 Å². The Kier molecular flexibility index (Phi) is 5.43. The molecular weight excluding hydrogens is 266 g/mol. The van der Waals surface area contributed by atoms with E-state index in [4.69, 9.17) is 9.47 Å². The van der Waals surface area contributed by atoms with Crippen LogP contribution in [0.1, 0.15) is 18.9 Å². The van der Waals surface area contributed by atoms with Gasteiger partial charge in [-0.1, -0.05) is 24.6 Å². The summed E-state index contributed by atoms with van der Waals surface area (Å²) in [5.41, 5.74) is 1.08. The summed E-state index contributed by atoms with van der Waals surface area (Å²) in [6, 6.07) is 11.4. The molecule has 21 heavy (non-hydrogen) atoms. The summed E-state index contributed by atoms with van der Waals surface area (Å²) in [5, 5.41) is 0. The summed E-state index contributed by atoms with van der Waals surface area (Å²) >= 11 is 0. The van der Waals surface area contributed by atoms with E-state index in [0.29, 0.717) is 25.5 Å². The average Bonchev–Trinajstić information content (AvgIpc) is 2.50. The Hall–Kier alpha value is -2.23. The van der Waals surface area contributed by atoms with E-state index >= 15 is 0 Å². The molecule has 4 heteroatoms. The second-order valence-electron chi connectivity index (χ2n) is 4.88. The van der Waals surface area contributed by atoms with Gasteiger partial charge in [-0.05, 0) is 37.6 Å². The fourth-order valence-electron chi connectivity index (χ4n) is 1.91. The van der Waals surface area contributed by atoms with Crippen molar-refractivity contribution in [3.05, 3.63) is 58.5 Å². The molecular formula is C17H21NO3. The van der Waals surface area contributed by atoms with Crippen LogP contribution in [-0.2, 0) is 6.54 Å². The minimum Gasteiger partial charge on any atom is -0.492 e. The second-order valence-corrected chi connectivity index (χ2v) is 4.88. The fraction of sp³-hybridized carbons (Fsp3) is 0.353. The van der Waals surface area contributed by atoms with E-state index in [1.165, 1.54) is 5.56 Å². The van der Waals surface area contributed by atoms with Gasteiger partial charge in [-0.25, -0.2) is 0 Å². The molecule has 2 aromatic rings. The number of hydrogen-bond donors (Lipinski definition) is 0. The third-order valence-corrected chi connectivity index (χ3v) is 3.07. The lowest BCUT2D eigenvalue weighted by Gasteiger charge is -2.10. The normalized spacial score (nSPS) is 10.4. The lowest BCUT2D eigenvalue weighted by Crippen LogP contribution is -2.24. The lowest BCUT2D eigenvalue weighted by atomic mass is 10.2. The van der Waals surface area contributed by atoms with E-state index < -0.39 is 0 Å². The van der Waals surface area contributed by atoms with Gasteiger partial charge in [0.15, 0.2) is 5.75 Å². The lowest BCUT2D eigenvalue weighted by molar-refractivity contribution is 0.287. The molecule has 1 heterocycles.